The zero-order valence-corrected chi connectivity index (χ0v) is 18.9. The van der Waals surface area contributed by atoms with Gasteiger partial charge < -0.3 is 27.0 Å². The lowest BCUT2D eigenvalue weighted by Crippen LogP contribution is -2.59. The van der Waals surface area contributed by atoms with Crippen LogP contribution in [-0.4, -0.2) is 65.9 Å². The van der Waals surface area contributed by atoms with E-state index in [0.29, 0.717) is 13.0 Å². The molecule has 3 aliphatic rings. The van der Waals surface area contributed by atoms with Gasteiger partial charge in [0.25, 0.3) is 0 Å². The van der Waals surface area contributed by atoms with Gasteiger partial charge in [0, 0.05) is 19.0 Å². The Bertz CT molecular complexity index is 833. The molecule has 0 aromatic carbocycles. The van der Waals surface area contributed by atoms with Gasteiger partial charge in [-0.05, 0) is 36.5 Å². The van der Waals surface area contributed by atoms with E-state index in [9.17, 15) is 32.3 Å². The standard InChI is InChI=1S/C21H32F3N5O4/c1-4-10(21(22,23)24)14(25)19(33)29-8-11-13(20(11,2)3)15(29)18(32)28-12(16(26)30)7-9-5-6-27-17(9)31/h9-15H,4-8,25H2,1-3H3,(H2,26,30)(H,27,31)(H,28,32)/t9-,10?,11?,12-,13?,14?,15?/m0/s1. The summed E-state index contributed by atoms with van der Waals surface area (Å²) < 4.78 is 40.1. The summed E-state index contributed by atoms with van der Waals surface area (Å²) in [6.45, 7) is 5.72. The molecule has 2 saturated heterocycles. The Morgan fingerprint density at radius 3 is 2.42 bits per heavy atom. The van der Waals surface area contributed by atoms with Crippen LogP contribution in [-0.2, 0) is 19.2 Å². The Labute approximate surface area is 190 Å². The topological polar surface area (TPSA) is 148 Å². The maximum atomic E-state index is 13.4. The number of primary amides is 1. The molecular weight excluding hydrogens is 443 g/mol. The molecule has 2 heterocycles. The maximum absolute atomic E-state index is 13.4. The number of carbonyl (C=O) groups is 4. The van der Waals surface area contributed by atoms with Crippen LogP contribution in [0.25, 0.3) is 0 Å². The molecule has 0 aromatic heterocycles. The molecule has 1 aliphatic carbocycles. The molecule has 2 aliphatic heterocycles. The van der Waals surface area contributed by atoms with Gasteiger partial charge in [0.2, 0.25) is 23.6 Å². The van der Waals surface area contributed by atoms with Gasteiger partial charge in [-0.15, -0.1) is 0 Å². The Balaban J connectivity index is 1.78. The van der Waals surface area contributed by atoms with Gasteiger partial charge in [0.05, 0.1) is 12.0 Å². The average molecular weight is 476 g/mol. The summed E-state index contributed by atoms with van der Waals surface area (Å²) in [5, 5.41) is 5.19. The van der Waals surface area contributed by atoms with E-state index in [0.717, 1.165) is 4.90 Å². The summed E-state index contributed by atoms with van der Waals surface area (Å²) in [5.41, 5.74) is 10.9. The van der Waals surface area contributed by atoms with E-state index < -0.39 is 53.9 Å². The van der Waals surface area contributed by atoms with E-state index in [1.54, 1.807) is 0 Å². The number of nitrogens with two attached hydrogens (primary N) is 2. The van der Waals surface area contributed by atoms with Crippen LogP contribution in [0.2, 0.25) is 0 Å². The first-order valence-electron chi connectivity index (χ1n) is 11.2. The summed E-state index contributed by atoms with van der Waals surface area (Å²) >= 11 is 0. The van der Waals surface area contributed by atoms with Crippen LogP contribution in [0.5, 0.6) is 0 Å². The highest BCUT2D eigenvalue weighted by molar-refractivity contribution is 5.94. The minimum absolute atomic E-state index is 0.0105. The van der Waals surface area contributed by atoms with Crippen LogP contribution in [0.3, 0.4) is 0 Å². The molecule has 3 fully saturated rings. The van der Waals surface area contributed by atoms with Crippen molar-refractivity contribution in [2.45, 2.75) is 64.3 Å². The number of hydrogen-bond donors (Lipinski definition) is 4. The molecule has 33 heavy (non-hydrogen) atoms. The third-order valence-electron chi connectivity index (χ3n) is 7.68. The first-order chi connectivity index (χ1) is 15.2. The van der Waals surface area contributed by atoms with Gasteiger partial charge in [-0.1, -0.05) is 20.8 Å². The number of piperidine rings is 1. The van der Waals surface area contributed by atoms with Crippen molar-refractivity contribution in [1.82, 2.24) is 15.5 Å². The van der Waals surface area contributed by atoms with Crippen molar-refractivity contribution in [3.05, 3.63) is 0 Å². The monoisotopic (exact) mass is 475 g/mol. The molecule has 1 saturated carbocycles. The Kier molecular flexibility index (Phi) is 6.71. The number of carbonyl (C=O) groups excluding carboxylic acids is 4. The molecule has 0 radical (unpaired) electrons. The molecule has 6 N–H and O–H groups in total. The molecule has 3 rings (SSSR count). The van der Waals surface area contributed by atoms with Gasteiger partial charge in [0.1, 0.15) is 12.1 Å². The fourth-order valence-electron chi connectivity index (χ4n) is 5.52. The number of nitrogens with one attached hydrogen (secondary N) is 2. The molecule has 9 nitrogen and oxygen atoms in total. The van der Waals surface area contributed by atoms with Crippen molar-refractivity contribution in [3.63, 3.8) is 0 Å². The highest BCUT2D eigenvalue weighted by Gasteiger charge is 2.70. The third kappa shape index (κ3) is 4.67. The van der Waals surface area contributed by atoms with Crippen molar-refractivity contribution in [2.75, 3.05) is 13.1 Å². The maximum Gasteiger partial charge on any atom is 0.393 e. The van der Waals surface area contributed by atoms with Crippen LogP contribution in [0.15, 0.2) is 0 Å². The molecule has 0 bridgehead atoms. The molecule has 0 aromatic rings. The van der Waals surface area contributed by atoms with Crippen molar-refractivity contribution in [2.24, 2.45) is 40.6 Å². The first kappa shape index (κ1) is 25.3. The van der Waals surface area contributed by atoms with E-state index >= 15 is 0 Å². The summed E-state index contributed by atoms with van der Waals surface area (Å²) in [7, 11) is 0. The number of rotatable bonds is 8. The summed E-state index contributed by atoms with van der Waals surface area (Å²) in [6.07, 6.45) is -4.51. The van der Waals surface area contributed by atoms with Gasteiger partial charge in [0.15, 0.2) is 0 Å². The predicted molar refractivity (Wildman–Crippen MR) is 111 cm³/mol. The Morgan fingerprint density at radius 1 is 1.30 bits per heavy atom. The Hall–Kier alpha value is -2.37. The molecule has 12 heteroatoms. The van der Waals surface area contributed by atoms with Crippen molar-refractivity contribution >= 4 is 23.6 Å². The lowest BCUT2D eigenvalue weighted by Gasteiger charge is -2.34. The van der Waals surface area contributed by atoms with Gasteiger partial charge in [-0.3, -0.25) is 19.2 Å². The number of amides is 4. The highest BCUT2D eigenvalue weighted by atomic mass is 19.4. The molecular formula is C21H32F3N5O4. The van der Waals surface area contributed by atoms with E-state index in [2.05, 4.69) is 10.6 Å². The van der Waals surface area contributed by atoms with E-state index in [-0.39, 0.29) is 42.5 Å². The molecule has 186 valence electrons. The average Bonchev–Trinajstić information content (AvgIpc) is 3.07. The van der Waals surface area contributed by atoms with Crippen LogP contribution >= 0.6 is 0 Å². The number of halogens is 3. The number of nitrogens with zero attached hydrogens (tertiary/aromatic N) is 1. The van der Waals surface area contributed by atoms with E-state index in [1.165, 1.54) is 6.92 Å². The summed E-state index contributed by atoms with van der Waals surface area (Å²) in [4.78, 5) is 51.2. The molecule has 4 amide bonds. The van der Waals surface area contributed by atoms with Gasteiger partial charge in [-0.2, -0.15) is 13.2 Å². The van der Waals surface area contributed by atoms with Crippen LogP contribution in [0.4, 0.5) is 13.2 Å². The summed E-state index contributed by atoms with van der Waals surface area (Å²) in [5.74, 6) is -5.53. The van der Waals surface area contributed by atoms with Crippen molar-refractivity contribution < 1.29 is 32.3 Å². The lowest BCUT2D eigenvalue weighted by atomic mass is 9.93. The Morgan fingerprint density at radius 2 is 1.94 bits per heavy atom. The summed E-state index contributed by atoms with van der Waals surface area (Å²) in [6, 6.07) is -4.04. The molecule has 0 spiro atoms. The fourth-order valence-corrected chi connectivity index (χ4v) is 5.52. The van der Waals surface area contributed by atoms with Crippen molar-refractivity contribution in [3.8, 4) is 0 Å². The predicted octanol–water partition coefficient (Wildman–Crippen LogP) is -0.118. The van der Waals surface area contributed by atoms with Gasteiger partial charge in [-0.25, -0.2) is 0 Å². The van der Waals surface area contributed by atoms with Gasteiger partial charge >= 0.3 is 6.18 Å². The third-order valence-corrected chi connectivity index (χ3v) is 7.68. The lowest BCUT2D eigenvalue weighted by molar-refractivity contribution is -0.186. The van der Waals surface area contributed by atoms with Crippen LogP contribution in [0, 0.1) is 29.1 Å². The minimum atomic E-state index is -4.65. The highest BCUT2D eigenvalue weighted by Crippen LogP contribution is 2.65. The smallest absolute Gasteiger partial charge is 0.368 e. The minimum Gasteiger partial charge on any atom is -0.368 e. The normalized spacial score (nSPS) is 30.8. The molecule has 7 atom stereocenters. The number of hydrogen-bond acceptors (Lipinski definition) is 5. The van der Waals surface area contributed by atoms with Crippen molar-refractivity contribution in [1.29, 1.82) is 0 Å². The SMILES string of the molecule is CCC(C(N)C(=O)N1CC2C(C1C(=O)N[C@@H](C[C@@H]1CCNC1=O)C(N)=O)C2(C)C)C(F)(F)F. The quantitative estimate of drug-likeness (QED) is 0.386. The largest absolute Gasteiger partial charge is 0.393 e. The second-order valence-electron chi connectivity index (χ2n) is 9.95. The number of fused-ring (bicyclic) bond motifs is 1. The fraction of sp³-hybridized carbons (Fsp3) is 0.810. The zero-order valence-electron chi connectivity index (χ0n) is 18.9. The number of alkyl halides is 3. The second kappa shape index (κ2) is 8.77. The van der Waals surface area contributed by atoms with Crippen LogP contribution in [0.1, 0.15) is 40.0 Å². The van der Waals surface area contributed by atoms with E-state index in [1.807, 2.05) is 13.8 Å². The van der Waals surface area contributed by atoms with E-state index in [4.69, 9.17) is 11.5 Å². The van der Waals surface area contributed by atoms with Crippen LogP contribution < -0.4 is 22.1 Å². The zero-order chi connectivity index (χ0) is 24.9. The molecule has 5 unspecified atom stereocenters. The second-order valence-corrected chi connectivity index (χ2v) is 9.95. The number of likely N-dealkylation sites (tertiary alicyclic amines) is 1. The first-order valence-corrected chi connectivity index (χ1v) is 11.2.